The SMILES string of the molecule is [2H]c1cnc(C(N)=O)cc1NC(=O)[C@@H]1O[C@@](C)(C(F)(F)F)[C@H](C)[C@H]1c1ccc(F)c(F)c1OC. The summed E-state index contributed by atoms with van der Waals surface area (Å²) in [5, 5.41) is 2.25. The molecule has 0 aliphatic carbocycles. The summed E-state index contributed by atoms with van der Waals surface area (Å²) in [5.41, 5.74) is 1.53. The van der Waals surface area contributed by atoms with Crippen molar-refractivity contribution in [3.63, 3.8) is 0 Å². The summed E-state index contributed by atoms with van der Waals surface area (Å²) in [6.45, 7) is 1.91. The Balaban J connectivity index is 2.10. The number of nitrogens with two attached hydrogens (primary N) is 1. The number of methoxy groups -OCH3 is 1. The number of anilines is 1. The van der Waals surface area contributed by atoms with Gasteiger partial charge in [-0.2, -0.15) is 17.6 Å². The number of benzene rings is 1. The van der Waals surface area contributed by atoms with Crippen LogP contribution in [0.5, 0.6) is 5.75 Å². The van der Waals surface area contributed by atoms with E-state index in [1.54, 1.807) is 0 Å². The van der Waals surface area contributed by atoms with E-state index >= 15 is 0 Å². The Kier molecular flexibility index (Phi) is 5.95. The molecule has 1 aliphatic rings. The minimum Gasteiger partial charge on any atom is -0.493 e. The lowest BCUT2D eigenvalue weighted by molar-refractivity contribution is -0.272. The average molecular weight is 474 g/mol. The zero-order valence-corrected chi connectivity index (χ0v) is 17.6. The molecule has 7 nitrogen and oxygen atoms in total. The number of ether oxygens (including phenoxy) is 2. The van der Waals surface area contributed by atoms with E-state index in [4.69, 9.17) is 16.6 Å². The van der Waals surface area contributed by atoms with E-state index < -0.39 is 58.9 Å². The van der Waals surface area contributed by atoms with Gasteiger partial charge in [-0.25, -0.2) is 4.39 Å². The van der Waals surface area contributed by atoms with Crippen molar-refractivity contribution < 1.29 is 42.4 Å². The fourth-order valence-corrected chi connectivity index (χ4v) is 3.84. The van der Waals surface area contributed by atoms with Gasteiger partial charge in [-0.15, -0.1) is 0 Å². The van der Waals surface area contributed by atoms with Crippen LogP contribution in [0.1, 0.15) is 37.2 Å². The number of primary amides is 1. The van der Waals surface area contributed by atoms with Crippen LogP contribution >= 0.6 is 0 Å². The minimum atomic E-state index is -4.93. The van der Waals surface area contributed by atoms with Crippen LogP contribution in [0, 0.1) is 17.6 Å². The van der Waals surface area contributed by atoms with E-state index in [0.717, 1.165) is 32.4 Å². The largest absolute Gasteiger partial charge is 0.493 e. The molecule has 12 heteroatoms. The average Bonchev–Trinajstić information content (AvgIpc) is 3.03. The first-order valence-corrected chi connectivity index (χ1v) is 9.56. The number of carbonyl (C=O) groups is 2. The summed E-state index contributed by atoms with van der Waals surface area (Å²) in [4.78, 5) is 28.1. The summed E-state index contributed by atoms with van der Waals surface area (Å²) < 4.78 is 88.0. The van der Waals surface area contributed by atoms with Crippen molar-refractivity contribution >= 4 is 17.5 Å². The van der Waals surface area contributed by atoms with Crippen molar-refractivity contribution in [1.29, 1.82) is 0 Å². The quantitative estimate of drug-likeness (QED) is 0.646. The molecule has 1 saturated heterocycles. The van der Waals surface area contributed by atoms with E-state index in [1.165, 1.54) is 6.92 Å². The number of nitrogens with zero attached hydrogens (tertiary/aromatic N) is 1. The first-order chi connectivity index (χ1) is 15.7. The Hall–Kier alpha value is -3.28. The normalized spacial score (nSPS) is 25.5. The second-order valence-electron chi connectivity index (χ2n) is 7.64. The molecule has 3 rings (SSSR count). The number of pyridine rings is 1. The van der Waals surface area contributed by atoms with Gasteiger partial charge in [0.05, 0.1) is 8.48 Å². The molecule has 33 heavy (non-hydrogen) atoms. The highest BCUT2D eigenvalue weighted by Crippen LogP contribution is 2.55. The van der Waals surface area contributed by atoms with Crippen molar-refractivity contribution in [3.8, 4) is 5.75 Å². The van der Waals surface area contributed by atoms with Crippen LogP contribution in [0.2, 0.25) is 0 Å². The van der Waals surface area contributed by atoms with E-state index in [9.17, 15) is 31.5 Å². The fourth-order valence-electron chi connectivity index (χ4n) is 3.84. The Labute approximate surface area is 186 Å². The third-order valence-corrected chi connectivity index (χ3v) is 5.79. The second-order valence-corrected chi connectivity index (χ2v) is 7.64. The maximum absolute atomic E-state index is 14.4. The zero-order valence-electron chi connectivity index (χ0n) is 18.6. The third-order valence-electron chi connectivity index (χ3n) is 5.79. The molecule has 2 heterocycles. The molecule has 178 valence electrons. The molecule has 0 spiro atoms. The molecule has 0 bridgehead atoms. The number of nitrogens with one attached hydrogen (secondary N) is 1. The van der Waals surface area contributed by atoms with Gasteiger partial charge in [-0.05, 0) is 25.1 Å². The van der Waals surface area contributed by atoms with Crippen LogP contribution in [-0.2, 0) is 9.53 Å². The number of carbonyl (C=O) groups excluding carboxylic acids is 2. The minimum absolute atomic E-state index is 0.208. The van der Waals surface area contributed by atoms with Gasteiger partial charge in [0.25, 0.3) is 11.8 Å². The molecule has 0 radical (unpaired) electrons. The van der Waals surface area contributed by atoms with E-state index in [-0.39, 0.29) is 23.0 Å². The molecule has 1 aliphatic heterocycles. The summed E-state index contributed by atoms with van der Waals surface area (Å²) in [6, 6.07) is 2.36. The highest BCUT2D eigenvalue weighted by Gasteiger charge is 2.65. The summed E-state index contributed by atoms with van der Waals surface area (Å²) in [6.07, 6.45) is -5.87. The second kappa shape index (κ2) is 8.58. The smallest absolute Gasteiger partial charge is 0.417 e. The maximum atomic E-state index is 14.4. The third kappa shape index (κ3) is 4.22. The molecule has 0 unspecified atom stereocenters. The summed E-state index contributed by atoms with van der Waals surface area (Å²) >= 11 is 0. The molecule has 1 fully saturated rings. The van der Waals surface area contributed by atoms with Gasteiger partial charge >= 0.3 is 6.18 Å². The monoisotopic (exact) mass is 474 g/mol. The van der Waals surface area contributed by atoms with Gasteiger partial charge in [-0.3, -0.25) is 14.6 Å². The molecular weight excluding hydrogens is 453 g/mol. The number of amides is 2. The predicted molar refractivity (Wildman–Crippen MR) is 106 cm³/mol. The van der Waals surface area contributed by atoms with Gasteiger partial charge in [0, 0.05) is 29.3 Å². The number of hydrogen-bond donors (Lipinski definition) is 2. The Morgan fingerprint density at radius 1 is 1.33 bits per heavy atom. The standard InChI is InChI=1S/C21H20F5N3O4/c1-9-14(11-4-5-12(22)15(23)16(11)32-3)17(33-20(9,2)21(24,25)26)19(31)29-10-6-7-28-13(8-10)18(27)30/h4-9,14,17H,1-3H3,(H2,27,30)(H,28,29,31)/t9-,14+,17-,20-/m1/s1/i6D. The first-order valence-electron chi connectivity index (χ1n) is 10.1. The van der Waals surface area contributed by atoms with Crippen LogP contribution < -0.4 is 15.8 Å². The number of rotatable bonds is 5. The number of aromatic nitrogens is 1. The van der Waals surface area contributed by atoms with Gasteiger partial charge in [0.1, 0.15) is 11.8 Å². The van der Waals surface area contributed by atoms with Gasteiger partial charge < -0.3 is 20.5 Å². The van der Waals surface area contributed by atoms with Crippen molar-refractivity contribution in [3.05, 3.63) is 53.3 Å². The van der Waals surface area contributed by atoms with Crippen LogP contribution in [0.3, 0.4) is 0 Å². The van der Waals surface area contributed by atoms with Crippen molar-refractivity contribution in [1.82, 2.24) is 4.98 Å². The summed E-state index contributed by atoms with van der Waals surface area (Å²) in [5.74, 6) is -8.34. The van der Waals surface area contributed by atoms with Crippen molar-refractivity contribution in [2.24, 2.45) is 11.7 Å². The molecule has 2 aromatic rings. The highest BCUT2D eigenvalue weighted by molar-refractivity contribution is 5.97. The topological polar surface area (TPSA) is 104 Å². The van der Waals surface area contributed by atoms with Crippen LogP contribution in [-0.4, -0.2) is 41.8 Å². The van der Waals surface area contributed by atoms with E-state index in [0.29, 0.717) is 6.07 Å². The van der Waals surface area contributed by atoms with E-state index in [2.05, 4.69) is 10.3 Å². The van der Waals surface area contributed by atoms with Crippen molar-refractivity contribution in [2.45, 2.75) is 37.6 Å². The van der Waals surface area contributed by atoms with Gasteiger partial charge in [0.2, 0.25) is 5.82 Å². The van der Waals surface area contributed by atoms with Crippen LogP contribution in [0.15, 0.2) is 30.4 Å². The lowest BCUT2D eigenvalue weighted by Crippen LogP contribution is -2.47. The molecule has 1 aromatic carbocycles. The van der Waals surface area contributed by atoms with Gasteiger partial charge in [0.15, 0.2) is 17.2 Å². The fraction of sp³-hybridized carbons (Fsp3) is 0.381. The lowest BCUT2D eigenvalue weighted by atomic mass is 9.77. The highest BCUT2D eigenvalue weighted by atomic mass is 19.4. The number of alkyl halides is 3. The van der Waals surface area contributed by atoms with Crippen molar-refractivity contribution in [2.75, 3.05) is 12.4 Å². The van der Waals surface area contributed by atoms with Crippen LogP contribution in [0.25, 0.3) is 0 Å². The molecule has 3 N–H and O–H groups in total. The molecule has 2 amide bonds. The van der Waals surface area contributed by atoms with Gasteiger partial charge in [-0.1, -0.05) is 13.0 Å². The number of hydrogen-bond acceptors (Lipinski definition) is 5. The molecular formula is C21H20F5N3O4. The molecule has 1 aromatic heterocycles. The molecule has 0 saturated carbocycles. The zero-order chi connectivity index (χ0) is 25.6. The Morgan fingerprint density at radius 3 is 2.58 bits per heavy atom. The Bertz CT molecular complexity index is 1150. The van der Waals surface area contributed by atoms with Crippen LogP contribution in [0.4, 0.5) is 27.6 Å². The first kappa shape index (κ1) is 22.9. The molecule has 4 atom stereocenters. The summed E-state index contributed by atoms with van der Waals surface area (Å²) in [7, 11) is 1.01. The Morgan fingerprint density at radius 2 is 2.00 bits per heavy atom. The number of halogens is 5. The lowest BCUT2D eigenvalue weighted by Gasteiger charge is -2.32. The predicted octanol–water partition coefficient (Wildman–Crippen LogP) is 3.55. The maximum Gasteiger partial charge on any atom is 0.417 e. The van der Waals surface area contributed by atoms with E-state index in [1.807, 2.05) is 0 Å².